The monoisotopic (exact) mass is 251 g/mol. The first kappa shape index (κ1) is 14.4. The molecule has 0 aliphatic carbocycles. The first-order chi connectivity index (χ1) is 8.56. The van der Waals surface area contributed by atoms with Crippen molar-refractivity contribution in [2.45, 2.75) is 20.3 Å². The Hall–Kier alpha value is -1.71. The Bertz CT molecular complexity index is 380. The van der Waals surface area contributed by atoms with Crippen LogP contribution in [0.5, 0.6) is 11.5 Å². The van der Waals surface area contributed by atoms with E-state index in [4.69, 9.17) is 9.47 Å². The maximum Gasteiger partial charge on any atom is 0.222 e. The van der Waals surface area contributed by atoms with E-state index >= 15 is 0 Å². The molecule has 0 aliphatic rings. The van der Waals surface area contributed by atoms with Crippen molar-refractivity contribution in [2.24, 2.45) is 5.92 Å². The van der Waals surface area contributed by atoms with E-state index < -0.39 is 0 Å². The van der Waals surface area contributed by atoms with Gasteiger partial charge in [0.25, 0.3) is 0 Å². The summed E-state index contributed by atoms with van der Waals surface area (Å²) in [6.45, 7) is 4.38. The second kappa shape index (κ2) is 6.89. The Morgan fingerprint density at radius 1 is 1.17 bits per heavy atom. The summed E-state index contributed by atoms with van der Waals surface area (Å²) in [6, 6.07) is 5.73. The number of ether oxygens (including phenoxy) is 2. The van der Waals surface area contributed by atoms with Crippen LogP contribution in [0.15, 0.2) is 18.2 Å². The molecule has 1 rings (SSSR count). The number of hydrogen-bond donors (Lipinski definition) is 1. The van der Waals surface area contributed by atoms with Crippen molar-refractivity contribution < 1.29 is 14.3 Å². The molecular formula is C14H21NO3. The first-order valence-electron chi connectivity index (χ1n) is 6.06. The molecule has 0 unspecified atom stereocenters. The van der Waals surface area contributed by atoms with Gasteiger partial charge in [-0.15, -0.1) is 0 Å². The van der Waals surface area contributed by atoms with Gasteiger partial charge in [-0.3, -0.25) is 4.79 Å². The van der Waals surface area contributed by atoms with Crippen LogP contribution in [0.3, 0.4) is 0 Å². The molecule has 0 atom stereocenters. The van der Waals surface area contributed by atoms with E-state index in [0.29, 0.717) is 6.54 Å². The summed E-state index contributed by atoms with van der Waals surface area (Å²) in [5, 5.41) is 2.88. The highest BCUT2D eigenvalue weighted by Gasteiger charge is 2.06. The Balaban J connectivity index is 2.58. The zero-order valence-electron chi connectivity index (χ0n) is 11.4. The third kappa shape index (κ3) is 4.28. The molecule has 0 aromatic heterocycles. The van der Waals surface area contributed by atoms with Crippen LogP contribution in [0.4, 0.5) is 0 Å². The molecule has 0 saturated carbocycles. The van der Waals surface area contributed by atoms with E-state index in [-0.39, 0.29) is 11.8 Å². The van der Waals surface area contributed by atoms with Gasteiger partial charge in [-0.25, -0.2) is 0 Å². The lowest BCUT2D eigenvalue weighted by Gasteiger charge is -2.10. The minimum absolute atomic E-state index is 0.0184. The fourth-order valence-electron chi connectivity index (χ4n) is 1.54. The largest absolute Gasteiger partial charge is 0.497 e. The predicted molar refractivity (Wildman–Crippen MR) is 71.1 cm³/mol. The van der Waals surface area contributed by atoms with Gasteiger partial charge in [-0.1, -0.05) is 13.8 Å². The summed E-state index contributed by atoms with van der Waals surface area (Å²) in [6.07, 6.45) is 0.756. The van der Waals surface area contributed by atoms with Crippen molar-refractivity contribution >= 4 is 5.91 Å². The fraction of sp³-hybridized carbons (Fsp3) is 0.500. The maximum absolute atomic E-state index is 11.4. The molecule has 0 bridgehead atoms. The number of carbonyl (C=O) groups excluding carboxylic acids is 1. The van der Waals surface area contributed by atoms with E-state index in [1.807, 2.05) is 32.0 Å². The molecule has 4 nitrogen and oxygen atoms in total. The Kier molecular flexibility index (Phi) is 5.49. The second-order valence-electron chi connectivity index (χ2n) is 4.42. The molecule has 0 saturated heterocycles. The van der Waals surface area contributed by atoms with Crippen LogP contribution in [0, 0.1) is 5.92 Å². The zero-order chi connectivity index (χ0) is 13.5. The summed E-state index contributed by atoms with van der Waals surface area (Å²) in [5.41, 5.74) is 1.08. The van der Waals surface area contributed by atoms with Crippen LogP contribution >= 0.6 is 0 Å². The summed E-state index contributed by atoms with van der Waals surface area (Å²) < 4.78 is 10.4. The van der Waals surface area contributed by atoms with Crippen molar-refractivity contribution in [1.29, 1.82) is 0 Å². The van der Waals surface area contributed by atoms with Crippen LogP contribution in [0.1, 0.15) is 19.4 Å². The average molecular weight is 251 g/mol. The third-order valence-corrected chi connectivity index (χ3v) is 2.65. The number of methoxy groups -OCH3 is 2. The van der Waals surface area contributed by atoms with Crippen LogP contribution in [-0.4, -0.2) is 26.7 Å². The molecule has 1 N–H and O–H groups in total. The van der Waals surface area contributed by atoms with Crippen LogP contribution in [-0.2, 0) is 11.2 Å². The Labute approximate surface area is 108 Å². The fourth-order valence-corrected chi connectivity index (χ4v) is 1.54. The van der Waals surface area contributed by atoms with Crippen LogP contribution in [0.2, 0.25) is 0 Å². The molecule has 1 aromatic carbocycles. The number of nitrogens with one attached hydrogen (secondary N) is 1. The molecule has 100 valence electrons. The minimum Gasteiger partial charge on any atom is -0.497 e. The van der Waals surface area contributed by atoms with Gasteiger partial charge in [0.2, 0.25) is 5.91 Å². The number of hydrogen-bond acceptors (Lipinski definition) is 3. The van der Waals surface area contributed by atoms with Gasteiger partial charge in [-0.05, 0) is 24.1 Å². The van der Waals surface area contributed by atoms with Gasteiger partial charge in [0.05, 0.1) is 14.2 Å². The van der Waals surface area contributed by atoms with Gasteiger partial charge in [-0.2, -0.15) is 0 Å². The maximum atomic E-state index is 11.4. The van der Waals surface area contributed by atoms with E-state index in [0.717, 1.165) is 23.5 Å². The molecule has 0 aliphatic heterocycles. The van der Waals surface area contributed by atoms with Crippen molar-refractivity contribution in [1.82, 2.24) is 5.32 Å². The minimum atomic E-state index is 0.0184. The van der Waals surface area contributed by atoms with E-state index in [1.54, 1.807) is 14.2 Å². The summed E-state index contributed by atoms with van der Waals surface area (Å²) in [4.78, 5) is 11.4. The second-order valence-corrected chi connectivity index (χ2v) is 4.42. The SMILES string of the molecule is COc1cc(CCNC(=O)C(C)C)cc(OC)c1. The molecule has 1 aromatic rings. The molecule has 18 heavy (non-hydrogen) atoms. The quantitative estimate of drug-likeness (QED) is 0.841. The molecule has 0 radical (unpaired) electrons. The molecule has 4 heteroatoms. The van der Waals surface area contributed by atoms with E-state index in [9.17, 15) is 4.79 Å². The Morgan fingerprint density at radius 3 is 2.17 bits per heavy atom. The van der Waals surface area contributed by atoms with E-state index in [2.05, 4.69) is 5.32 Å². The summed E-state index contributed by atoms with van der Waals surface area (Å²) in [7, 11) is 3.25. The standard InChI is InChI=1S/C14H21NO3/c1-10(2)14(16)15-6-5-11-7-12(17-3)9-13(8-11)18-4/h7-10H,5-6H2,1-4H3,(H,15,16). The Morgan fingerprint density at radius 2 is 1.72 bits per heavy atom. The van der Waals surface area contributed by atoms with Crippen molar-refractivity contribution in [3.8, 4) is 11.5 Å². The molecule has 0 heterocycles. The first-order valence-corrected chi connectivity index (χ1v) is 6.06. The number of rotatable bonds is 6. The zero-order valence-corrected chi connectivity index (χ0v) is 11.4. The molecular weight excluding hydrogens is 230 g/mol. The van der Waals surface area contributed by atoms with Gasteiger partial charge in [0.1, 0.15) is 11.5 Å². The normalized spacial score (nSPS) is 10.3. The highest BCUT2D eigenvalue weighted by atomic mass is 16.5. The lowest BCUT2D eigenvalue weighted by atomic mass is 10.1. The smallest absolute Gasteiger partial charge is 0.222 e. The summed E-state index contributed by atoms with van der Waals surface area (Å²) >= 11 is 0. The van der Waals surface area contributed by atoms with Gasteiger partial charge in [0, 0.05) is 18.5 Å². The highest BCUT2D eigenvalue weighted by molar-refractivity contribution is 5.77. The average Bonchev–Trinajstić information content (AvgIpc) is 2.37. The summed E-state index contributed by atoms with van der Waals surface area (Å²) in [5.74, 6) is 1.62. The number of carbonyl (C=O) groups is 1. The van der Waals surface area contributed by atoms with Crippen molar-refractivity contribution in [2.75, 3.05) is 20.8 Å². The molecule has 0 spiro atoms. The van der Waals surface area contributed by atoms with Crippen LogP contribution in [0.25, 0.3) is 0 Å². The van der Waals surface area contributed by atoms with Crippen molar-refractivity contribution in [3.05, 3.63) is 23.8 Å². The van der Waals surface area contributed by atoms with Gasteiger partial charge < -0.3 is 14.8 Å². The number of amides is 1. The molecule has 1 amide bonds. The van der Waals surface area contributed by atoms with Gasteiger partial charge >= 0.3 is 0 Å². The third-order valence-electron chi connectivity index (χ3n) is 2.65. The lowest BCUT2D eigenvalue weighted by Crippen LogP contribution is -2.29. The van der Waals surface area contributed by atoms with Crippen LogP contribution < -0.4 is 14.8 Å². The number of benzene rings is 1. The predicted octanol–water partition coefficient (Wildman–Crippen LogP) is 2.02. The topological polar surface area (TPSA) is 47.6 Å². The molecule has 0 fully saturated rings. The van der Waals surface area contributed by atoms with Crippen molar-refractivity contribution in [3.63, 3.8) is 0 Å². The lowest BCUT2D eigenvalue weighted by molar-refractivity contribution is -0.123. The van der Waals surface area contributed by atoms with E-state index in [1.165, 1.54) is 0 Å². The highest BCUT2D eigenvalue weighted by Crippen LogP contribution is 2.22. The van der Waals surface area contributed by atoms with Gasteiger partial charge in [0.15, 0.2) is 0 Å².